The van der Waals surface area contributed by atoms with E-state index in [9.17, 15) is 23.7 Å². The molecule has 0 spiro atoms. The summed E-state index contributed by atoms with van der Waals surface area (Å²) >= 11 is 0. The van der Waals surface area contributed by atoms with Crippen LogP contribution >= 0.6 is 0 Å². The van der Waals surface area contributed by atoms with Gasteiger partial charge in [0, 0.05) is 16.6 Å². The normalized spacial score (nSPS) is 24.7. The second-order valence-corrected chi connectivity index (χ2v) is 5.07. The summed E-state index contributed by atoms with van der Waals surface area (Å²) < 4.78 is 26.6. The second kappa shape index (κ2) is 6.64. The molecule has 8 nitrogen and oxygen atoms in total. The van der Waals surface area contributed by atoms with E-state index in [0.29, 0.717) is 6.07 Å². The van der Waals surface area contributed by atoms with E-state index in [4.69, 9.17) is 5.26 Å². The highest BCUT2D eigenvalue weighted by Crippen LogP contribution is 2.19. The van der Waals surface area contributed by atoms with Crippen LogP contribution in [0.1, 0.15) is 18.5 Å². The fourth-order valence-electron chi connectivity index (χ4n) is 2.35. The number of amides is 1. The Kier molecular flexibility index (Phi) is 4.83. The Labute approximate surface area is 129 Å². The molecule has 4 unspecified atom stereocenters. The smallest absolute Gasteiger partial charge is 0.254 e. The molecule has 1 heterocycles. The number of nitrogens with one attached hydrogen (secondary N) is 3. The molecule has 0 bridgehead atoms. The molecule has 122 valence electrons. The van der Waals surface area contributed by atoms with Crippen LogP contribution in [0.2, 0.25) is 0 Å². The molecule has 2 rings (SSSR count). The minimum absolute atomic E-state index is 0.223. The van der Waals surface area contributed by atoms with Crippen LogP contribution in [0, 0.1) is 33.1 Å². The lowest BCUT2D eigenvalue weighted by atomic mass is 10.0. The minimum atomic E-state index is -1.40. The van der Waals surface area contributed by atoms with Gasteiger partial charge in [-0.05, 0) is 13.0 Å². The lowest BCUT2D eigenvalue weighted by Gasteiger charge is -2.17. The maximum Gasteiger partial charge on any atom is 0.254 e. The summed E-state index contributed by atoms with van der Waals surface area (Å²) in [6.45, 7) is 1.52. The lowest BCUT2D eigenvalue weighted by molar-refractivity contribution is -0.523. The zero-order chi connectivity index (χ0) is 17.1. The fourth-order valence-corrected chi connectivity index (χ4v) is 2.35. The topological polar surface area (TPSA) is 120 Å². The van der Waals surface area contributed by atoms with Gasteiger partial charge in [0.2, 0.25) is 5.91 Å². The van der Waals surface area contributed by atoms with Gasteiger partial charge in [-0.2, -0.15) is 5.26 Å². The third-order valence-corrected chi connectivity index (χ3v) is 3.54. The predicted molar refractivity (Wildman–Crippen MR) is 73.2 cm³/mol. The van der Waals surface area contributed by atoms with Crippen molar-refractivity contribution in [2.75, 3.05) is 0 Å². The van der Waals surface area contributed by atoms with Gasteiger partial charge >= 0.3 is 0 Å². The molecule has 3 N–H and O–H groups in total. The van der Waals surface area contributed by atoms with E-state index in [0.717, 1.165) is 12.1 Å². The summed E-state index contributed by atoms with van der Waals surface area (Å²) in [5.74, 6) is -2.65. The van der Waals surface area contributed by atoms with Crippen LogP contribution in [-0.2, 0) is 4.79 Å². The molecule has 1 saturated heterocycles. The molecular formula is C13H13F2N5O3. The number of hydrogen-bond acceptors (Lipinski definition) is 6. The van der Waals surface area contributed by atoms with Gasteiger partial charge in [-0.25, -0.2) is 19.6 Å². The average molecular weight is 325 g/mol. The highest BCUT2D eigenvalue weighted by Gasteiger charge is 2.47. The Hall–Kier alpha value is -2.64. The van der Waals surface area contributed by atoms with Crippen LogP contribution < -0.4 is 16.2 Å². The van der Waals surface area contributed by atoms with Crippen molar-refractivity contribution in [2.24, 2.45) is 0 Å². The standard InChI is InChI=1S/C13H13F2N5O3/c1-6-12(20(22)23)11(19-18-6)13(21)17-10(5-16)8-3-2-7(14)4-9(8)15/h2-4,6,10-12,18-19H,1H3,(H,17,21). The minimum Gasteiger partial charge on any atom is -0.335 e. The number of rotatable bonds is 4. The zero-order valence-electron chi connectivity index (χ0n) is 11.9. The second-order valence-electron chi connectivity index (χ2n) is 5.07. The number of carbonyl (C=O) groups is 1. The van der Waals surface area contributed by atoms with Gasteiger partial charge in [0.15, 0.2) is 6.04 Å². The number of hydrazine groups is 1. The Morgan fingerprint density at radius 2 is 2.17 bits per heavy atom. The molecule has 1 amide bonds. The van der Waals surface area contributed by atoms with Gasteiger partial charge in [0.1, 0.15) is 17.7 Å². The van der Waals surface area contributed by atoms with E-state index in [1.54, 1.807) is 6.07 Å². The van der Waals surface area contributed by atoms with Crippen LogP contribution in [0.25, 0.3) is 0 Å². The molecule has 0 aromatic heterocycles. The van der Waals surface area contributed by atoms with Crippen molar-refractivity contribution in [2.45, 2.75) is 31.1 Å². The number of carbonyl (C=O) groups excluding carboxylic acids is 1. The van der Waals surface area contributed by atoms with Gasteiger partial charge < -0.3 is 5.32 Å². The number of nitriles is 1. The third kappa shape index (κ3) is 3.41. The number of nitrogens with zero attached hydrogens (tertiary/aromatic N) is 2. The first kappa shape index (κ1) is 16.7. The van der Waals surface area contributed by atoms with Crippen molar-refractivity contribution >= 4 is 5.91 Å². The number of halogens is 2. The van der Waals surface area contributed by atoms with Crippen molar-refractivity contribution < 1.29 is 18.5 Å². The van der Waals surface area contributed by atoms with E-state index < -0.39 is 46.6 Å². The van der Waals surface area contributed by atoms with Gasteiger partial charge in [-0.15, -0.1) is 0 Å². The number of nitro groups is 1. The summed E-state index contributed by atoms with van der Waals surface area (Å²) in [5.41, 5.74) is 4.82. The third-order valence-electron chi connectivity index (χ3n) is 3.54. The molecule has 1 fully saturated rings. The van der Waals surface area contributed by atoms with Gasteiger partial charge in [-0.1, -0.05) is 6.07 Å². The van der Waals surface area contributed by atoms with Crippen LogP contribution in [0.15, 0.2) is 18.2 Å². The molecule has 1 aromatic rings. The maximum atomic E-state index is 13.7. The monoisotopic (exact) mass is 325 g/mol. The van der Waals surface area contributed by atoms with E-state index in [2.05, 4.69) is 16.2 Å². The maximum absolute atomic E-state index is 13.7. The first-order valence-electron chi connectivity index (χ1n) is 6.64. The highest BCUT2D eigenvalue weighted by atomic mass is 19.1. The summed E-state index contributed by atoms with van der Waals surface area (Å²) in [4.78, 5) is 22.6. The van der Waals surface area contributed by atoms with Gasteiger partial charge in [0.25, 0.3) is 6.04 Å². The summed E-state index contributed by atoms with van der Waals surface area (Å²) in [6, 6.07) is -0.221. The first-order chi connectivity index (χ1) is 10.8. The SMILES string of the molecule is CC1NNC(C(=O)NC(C#N)c2ccc(F)cc2F)C1[N+](=O)[O-]. The molecule has 1 aromatic carbocycles. The Morgan fingerprint density at radius 3 is 2.74 bits per heavy atom. The molecule has 1 aliphatic heterocycles. The van der Waals surface area contributed by atoms with Crippen molar-refractivity contribution in [1.82, 2.24) is 16.2 Å². The van der Waals surface area contributed by atoms with E-state index in [-0.39, 0.29) is 5.56 Å². The van der Waals surface area contributed by atoms with E-state index in [1.807, 2.05) is 0 Å². The lowest BCUT2D eigenvalue weighted by Crippen LogP contribution is -2.50. The predicted octanol–water partition coefficient (Wildman–Crippen LogP) is 0.156. The zero-order valence-corrected chi connectivity index (χ0v) is 11.9. The van der Waals surface area contributed by atoms with Crippen molar-refractivity contribution in [3.63, 3.8) is 0 Å². The molecule has 0 saturated carbocycles. The number of hydrogen-bond donors (Lipinski definition) is 3. The molecule has 23 heavy (non-hydrogen) atoms. The first-order valence-corrected chi connectivity index (χ1v) is 6.64. The average Bonchev–Trinajstić information content (AvgIpc) is 2.87. The highest BCUT2D eigenvalue weighted by molar-refractivity contribution is 5.83. The quantitative estimate of drug-likeness (QED) is 0.535. The van der Waals surface area contributed by atoms with Gasteiger partial charge in [-0.3, -0.25) is 14.9 Å². The van der Waals surface area contributed by atoms with Crippen molar-refractivity contribution in [3.8, 4) is 6.07 Å². The van der Waals surface area contributed by atoms with Crippen LogP contribution in [0.5, 0.6) is 0 Å². The molecule has 1 aliphatic rings. The number of benzene rings is 1. The molecule has 0 aliphatic carbocycles. The van der Waals surface area contributed by atoms with Crippen LogP contribution in [0.4, 0.5) is 8.78 Å². The van der Waals surface area contributed by atoms with E-state index in [1.165, 1.54) is 6.92 Å². The Bertz CT molecular complexity index is 678. The molecular weight excluding hydrogens is 312 g/mol. The molecule has 10 heteroatoms. The van der Waals surface area contributed by atoms with Crippen molar-refractivity contribution in [3.05, 3.63) is 45.5 Å². The van der Waals surface area contributed by atoms with Crippen LogP contribution in [0.3, 0.4) is 0 Å². The largest absolute Gasteiger partial charge is 0.335 e. The van der Waals surface area contributed by atoms with Crippen LogP contribution in [-0.4, -0.2) is 29.0 Å². The van der Waals surface area contributed by atoms with Crippen molar-refractivity contribution in [1.29, 1.82) is 5.26 Å². The Balaban J connectivity index is 2.17. The van der Waals surface area contributed by atoms with Gasteiger partial charge in [0.05, 0.1) is 12.1 Å². The van der Waals surface area contributed by atoms with E-state index >= 15 is 0 Å². The summed E-state index contributed by atoms with van der Waals surface area (Å²) in [7, 11) is 0. The summed E-state index contributed by atoms with van der Waals surface area (Å²) in [6.07, 6.45) is 0. The Morgan fingerprint density at radius 1 is 1.48 bits per heavy atom. The fraction of sp³-hybridized carbons (Fsp3) is 0.385. The summed E-state index contributed by atoms with van der Waals surface area (Å²) in [5, 5.41) is 22.3. The molecule has 4 atom stereocenters. The molecule has 0 radical (unpaired) electrons.